The van der Waals surface area contributed by atoms with Crippen LogP contribution in [0.25, 0.3) is 0 Å². The highest BCUT2D eigenvalue weighted by Crippen LogP contribution is 2.33. The number of rotatable bonds is 9. The minimum absolute atomic E-state index is 0.479. The molecule has 1 saturated carbocycles. The van der Waals surface area contributed by atoms with Crippen LogP contribution in [0, 0.1) is 11.8 Å². The van der Waals surface area contributed by atoms with E-state index in [0.717, 1.165) is 31.3 Å². The number of hydrogen-bond acceptors (Lipinski definition) is 4. The number of nitrogens with zero attached hydrogens (tertiary/aromatic N) is 3. The van der Waals surface area contributed by atoms with Crippen LogP contribution in [0.5, 0.6) is 0 Å². The summed E-state index contributed by atoms with van der Waals surface area (Å²) in [6.45, 7) is 8.28. The predicted molar refractivity (Wildman–Crippen MR) is 84.2 cm³/mol. The van der Waals surface area contributed by atoms with Crippen molar-refractivity contribution in [3.8, 4) is 0 Å². The molecule has 2 rings (SSSR count). The number of hydrogen-bond donors (Lipinski definition) is 1. The zero-order valence-electron chi connectivity index (χ0n) is 13.9. The first-order chi connectivity index (χ1) is 10.1. The maximum Gasteiger partial charge on any atom is 0.138 e. The summed E-state index contributed by atoms with van der Waals surface area (Å²) in [6, 6.07) is 0.479. The van der Waals surface area contributed by atoms with Crippen molar-refractivity contribution in [1.29, 1.82) is 0 Å². The second-order valence-corrected chi connectivity index (χ2v) is 6.59. The van der Waals surface area contributed by atoms with Crippen LogP contribution in [0.4, 0.5) is 0 Å². The molecule has 0 bridgehead atoms. The highest BCUT2D eigenvalue weighted by Gasteiger charge is 2.31. The molecule has 0 amide bonds. The smallest absolute Gasteiger partial charge is 0.138 e. The Balaban J connectivity index is 1.81. The van der Waals surface area contributed by atoms with Gasteiger partial charge in [0.25, 0.3) is 0 Å². The molecule has 21 heavy (non-hydrogen) atoms. The summed E-state index contributed by atoms with van der Waals surface area (Å²) in [5.41, 5.74) is 0. The highest BCUT2D eigenvalue weighted by atomic mass is 16.5. The predicted octanol–water partition coefficient (Wildman–Crippen LogP) is 2.27. The fraction of sp³-hybridized carbons (Fsp3) is 0.875. The van der Waals surface area contributed by atoms with Crippen molar-refractivity contribution in [2.24, 2.45) is 11.8 Å². The Morgan fingerprint density at radius 2 is 2.19 bits per heavy atom. The van der Waals surface area contributed by atoms with Crippen LogP contribution < -0.4 is 5.32 Å². The summed E-state index contributed by atoms with van der Waals surface area (Å²) < 4.78 is 7.70. The van der Waals surface area contributed by atoms with Crippen molar-refractivity contribution in [3.05, 3.63) is 12.2 Å². The number of aromatic nitrogens is 3. The van der Waals surface area contributed by atoms with Gasteiger partial charge in [0.1, 0.15) is 12.2 Å². The van der Waals surface area contributed by atoms with Gasteiger partial charge in [-0.2, -0.15) is 5.10 Å². The molecule has 1 aliphatic carbocycles. The fourth-order valence-corrected chi connectivity index (χ4v) is 3.11. The molecule has 1 fully saturated rings. The third kappa shape index (κ3) is 4.78. The van der Waals surface area contributed by atoms with E-state index in [2.05, 4.69) is 40.9 Å². The van der Waals surface area contributed by atoms with Gasteiger partial charge in [0.2, 0.25) is 0 Å². The first kappa shape index (κ1) is 16.4. The van der Waals surface area contributed by atoms with Crippen LogP contribution in [-0.4, -0.2) is 40.6 Å². The molecule has 1 aromatic rings. The molecular weight excluding hydrogens is 264 g/mol. The Morgan fingerprint density at radius 1 is 1.43 bits per heavy atom. The van der Waals surface area contributed by atoms with Crippen molar-refractivity contribution >= 4 is 0 Å². The molecule has 0 radical (unpaired) electrons. The summed E-state index contributed by atoms with van der Waals surface area (Å²) in [7, 11) is 2.05. The maximum absolute atomic E-state index is 5.65. The first-order valence-electron chi connectivity index (χ1n) is 8.27. The standard InChI is InChI=1S/C16H30N4O/c1-5-21-15-7-13(8-15)6-14(17-4)9-16-18-11-19-20(16)10-12(2)3/h11-15,17H,5-10H2,1-4H3. The first-order valence-corrected chi connectivity index (χ1v) is 8.27. The van der Waals surface area contributed by atoms with Crippen LogP contribution >= 0.6 is 0 Å². The van der Waals surface area contributed by atoms with Gasteiger partial charge in [-0.15, -0.1) is 0 Å². The second-order valence-electron chi connectivity index (χ2n) is 6.59. The lowest BCUT2D eigenvalue weighted by Crippen LogP contribution is -2.38. The zero-order chi connectivity index (χ0) is 15.2. The van der Waals surface area contributed by atoms with E-state index in [1.54, 1.807) is 6.33 Å². The highest BCUT2D eigenvalue weighted by molar-refractivity contribution is 4.92. The monoisotopic (exact) mass is 294 g/mol. The van der Waals surface area contributed by atoms with E-state index in [9.17, 15) is 0 Å². The topological polar surface area (TPSA) is 52.0 Å². The molecule has 1 aliphatic rings. The van der Waals surface area contributed by atoms with E-state index in [-0.39, 0.29) is 0 Å². The zero-order valence-corrected chi connectivity index (χ0v) is 13.9. The Morgan fingerprint density at radius 3 is 2.81 bits per heavy atom. The fourth-order valence-electron chi connectivity index (χ4n) is 3.11. The Hall–Kier alpha value is -0.940. The third-order valence-electron chi connectivity index (χ3n) is 4.28. The summed E-state index contributed by atoms with van der Waals surface area (Å²) in [4.78, 5) is 4.44. The van der Waals surface area contributed by atoms with Crippen molar-refractivity contribution < 1.29 is 4.74 Å². The van der Waals surface area contributed by atoms with Crippen molar-refractivity contribution in [1.82, 2.24) is 20.1 Å². The second kappa shape index (κ2) is 7.90. The largest absolute Gasteiger partial charge is 0.378 e. The lowest BCUT2D eigenvalue weighted by atomic mass is 9.77. The van der Waals surface area contributed by atoms with Gasteiger partial charge >= 0.3 is 0 Å². The van der Waals surface area contributed by atoms with Gasteiger partial charge in [-0.1, -0.05) is 13.8 Å². The van der Waals surface area contributed by atoms with Gasteiger partial charge in [0.05, 0.1) is 6.10 Å². The SMILES string of the molecule is CCOC1CC(CC(Cc2ncnn2CC(C)C)NC)C1. The molecule has 0 aromatic carbocycles. The molecule has 1 unspecified atom stereocenters. The number of nitrogens with one attached hydrogen (secondary N) is 1. The molecule has 1 aromatic heterocycles. The van der Waals surface area contributed by atoms with Crippen LogP contribution in [0.1, 0.15) is 45.9 Å². The van der Waals surface area contributed by atoms with Gasteiger partial charge < -0.3 is 10.1 Å². The maximum atomic E-state index is 5.65. The van der Waals surface area contributed by atoms with Gasteiger partial charge in [-0.25, -0.2) is 9.67 Å². The average molecular weight is 294 g/mol. The van der Waals surface area contributed by atoms with Crippen molar-refractivity contribution in [2.75, 3.05) is 13.7 Å². The van der Waals surface area contributed by atoms with Gasteiger partial charge in [-0.3, -0.25) is 0 Å². The van der Waals surface area contributed by atoms with E-state index < -0.39 is 0 Å². The van der Waals surface area contributed by atoms with E-state index in [1.165, 1.54) is 19.3 Å². The van der Waals surface area contributed by atoms with Crippen LogP contribution in [0.15, 0.2) is 6.33 Å². The molecule has 5 heteroatoms. The third-order valence-corrected chi connectivity index (χ3v) is 4.28. The van der Waals surface area contributed by atoms with Gasteiger partial charge in [0.15, 0.2) is 0 Å². The molecular formula is C16H30N4O. The molecule has 1 atom stereocenters. The van der Waals surface area contributed by atoms with E-state index in [0.29, 0.717) is 18.1 Å². The minimum Gasteiger partial charge on any atom is -0.378 e. The molecule has 120 valence electrons. The average Bonchev–Trinajstić information content (AvgIpc) is 2.81. The molecule has 0 saturated heterocycles. The summed E-state index contributed by atoms with van der Waals surface area (Å²) in [5, 5.41) is 7.80. The van der Waals surface area contributed by atoms with Gasteiger partial charge in [0, 0.05) is 25.6 Å². The Bertz CT molecular complexity index is 412. The Kier molecular flexibility index (Phi) is 6.18. The molecule has 0 aliphatic heterocycles. The van der Waals surface area contributed by atoms with Crippen molar-refractivity contribution in [2.45, 2.75) is 65.1 Å². The summed E-state index contributed by atoms with van der Waals surface area (Å²) >= 11 is 0. The van der Waals surface area contributed by atoms with Crippen molar-refractivity contribution in [3.63, 3.8) is 0 Å². The summed E-state index contributed by atoms with van der Waals surface area (Å²) in [5.74, 6) is 2.49. The molecule has 5 nitrogen and oxygen atoms in total. The Labute approximate surface area is 128 Å². The quantitative estimate of drug-likeness (QED) is 0.759. The van der Waals surface area contributed by atoms with E-state index in [1.807, 2.05) is 7.05 Å². The van der Waals surface area contributed by atoms with Crippen LogP contribution in [0.3, 0.4) is 0 Å². The van der Waals surface area contributed by atoms with Crippen LogP contribution in [0.2, 0.25) is 0 Å². The molecule has 0 spiro atoms. The normalized spacial score (nSPS) is 23.3. The number of likely N-dealkylation sites (N-methyl/N-ethyl adjacent to an activating group) is 1. The van der Waals surface area contributed by atoms with E-state index in [4.69, 9.17) is 4.74 Å². The van der Waals surface area contributed by atoms with Gasteiger partial charge in [-0.05, 0) is 45.1 Å². The number of ether oxygens (including phenoxy) is 1. The van der Waals surface area contributed by atoms with Crippen LogP contribution in [-0.2, 0) is 17.7 Å². The lowest BCUT2D eigenvalue weighted by Gasteiger charge is -2.37. The lowest BCUT2D eigenvalue weighted by molar-refractivity contribution is -0.0289. The van der Waals surface area contributed by atoms with E-state index >= 15 is 0 Å². The minimum atomic E-state index is 0.479. The molecule has 1 N–H and O–H groups in total. The summed E-state index contributed by atoms with van der Waals surface area (Å²) in [6.07, 6.45) is 6.77. The molecule has 1 heterocycles.